The van der Waals surface area contributed by atoms with Crippen molar-refractivity contribution in [1.82, 2.24) is 19.5 Å². The lowest BCUT2D eigenvalue weighted by Crippen LogP contribution is -2.32. The minimum Gasteiger partial charge on any atom is -0.278 e. The summed E-state index contributed by atoms with van der Waals surface area (Å²) in [5.41, 5.74) is 10.2. The highest BCUT2D eigenvalue weighted by atomic mass is 15.2. The summed E-state index contributed by atoms with van der Waals surface area (Å²) in [4.78, 5) is 16.7. The molecule has 0 fully saturated rings. The summed E-state index contributed by atoms with van der Waals surface area (Å²) in [5.74, 6) is 1.88. The smallest absolute Gasteiger partial charge is 0.238 e. The fourth-order valence-electron chi connectivity index (χ4n) is 9.59. The van der Waals surface area contributed by atoms with Gasteiger partial charge in [-0.25, -0.2) is 4.98 Å². The number of benzene rings is 9. The second-order valence-corrected chi connectivity index (χ2v) is 15.1. The predicted octanol–water partition coefficient (Wildman–Crippen LogP) is 13.0. The maximum Gasteiger partial charge on any atom is 0.238 e. The fourth-order valence-corrected chi connectivity index (χ4v) is 9.59. The molecule has 2 aromatic heterocycles. The molecule has 0 unspecified atom stereocenters. The summed E-state index contributed by atoms with van der Waals surface area (Å²) in [6, 6.07) is 73.7. The van der Waals surface area contributed by atoms with E-state index in [9.17, 15) is 0 Å². The Balaban J connectivity index is 1.24. The first-order valence-corrected chi connectivity index (χ1v) is 19.8. The van der Waals surface area contributed by atoms with Crippen LogP contribution >= 0.6 is 0 Å². The molecule has 0 atom stereocenters. The van der Waals surface area contributed by atoms with Crippen LogP contribution in [-0.4, -0.2) is 19.5 Å². The molecule has 0 amide bonds. The molecule has 2 heterocycles. The lowest BCUT2D eigenvalue weighted by molar-refractivity contribution is 0.683. The van der Waals surface area contributed by atoms with E-state index in [0.29, 0.717) is 17.6 Å². The van der Waals surface area contributed by atoms with E-state index in [4.69, 9.17) is 15.0 Å². The summed E-state index contributed by atoms with van der Waals surface area (Å²) in [5, 5.41) is 7.17. The molecule has 4 heteroatoms. The molecule has 0 spiro atoms. The molecule has 1 aliphatic rings. The van der Waals surface area contributed by atoms with Gasteiger partial charge in [0.25, 0.3) is 0 Å². The zero-order valence-electron chi connectivity index (χ0n) is 31.4. The van der Waals surface area contributed by atoms with Crippen molar-refractivity contribution in [3.05, 3.63) is 229 Å². The highest BCUT2D eigenvalue weighted by molar-refractivity contribution is 6.28. The van der Waals surface area contributed by atoms with Gasteiger partial charge in [0.15, 0.2) is 11.6 Å². The van der Waals surface area contributed by atoms with E-state index in [-0.39, 0.29) is 0 Å². The average Bonchev–Trinajstić information content (AvgIpc) is 3.81. The molecule has 1 aliphatic carbocycles. The van der Waals surface area contributed by atoms with Crippen LogP contribution in [0.2, 0.25) is 0 Å². The van der Waals surface area contributed by atoms with Crippen LogP contribution in [0, 0.1) is 0 Å². The maximum absolute atomic E-state index is 5.73. The van der Waals surface area contributed by atoms with Crippen molar-refractivity contribution in [2.45, 2.75) is 5.41 Å². The van der Waals surface area contributed by atoms with Crippen LogP contribution in [0.3, 0.4) is 0 Å². The van der Waals surface area contributed by atoms with Gasteiger partial charge in [-0.3, -0.25) is 4.57 Å². The second-order valence-electron chi connectivity index (χ2n) is 15.1. The van der Waals surface area contributed by atoms with Gasteiger partial charge in [-0.2, -0.15) is 9.97 Å². The molecule has 0 N–H and O–H groups in total. The topological polar surface area (TPSA) is 43.6 Å². The Bertz CT molecular complexity index is 3260. The molecule has 0 bridgehead atoms. The standard InChI is InChI=1S/C54H34N4/c1-3-16-35(17-4-1)39-22-15-23-40(34-39)54(45-28-13-11-26-43(45)44-27-12-14-29-46(44)54)52-55-51(38-20-5-2-6-21-38)56-53(57-52)58-47-32-30-36-18-7-9-24-41(36)49(47)50-42-25-10-8-19-37(42)31-33-48(50)58/h1-34H. The lowest BCUT2D eigenvalue weighted by atomic mass is 9.71. The summed E-state index contributed by atoms with van der Waals surface area (Å²) in [6.07, 6.45) is 0. The molecule has 0 saturated heterocycles. The Hall–Kier alpha value is -7.69. The monoisotopic (exact) mass is 738 g/mol. The van der Waals surface area contributed by atoms with Gasteiger partial charge >= 0.3 is 0 Å². The Morgan fingerprint density at radius 2 is 0.897 bits per heavy atom. The highest BCUT2D eigenvalue weighted by Gasteiger charge is 2.49. The molecular formula is C54H34N4. The van der Waals surface area contributed by atoms with Crippen molar-refractivity contribution in [3.8, 4) is 39.6 Å². The first-order valence-electron chi connectivity index (χ1n) is 19.8. The fraction of sp³-hybridized carbons (Fsp3) is 0.0185. The van der Waals surface area contributed by atoms with Crippen molar-refractivity contribution in [2.24, 2.45) is 0 Å². The van der Waals surface area contributed by atoms with Crippen LogP contribution in [0.15, 0.2) is 206 Å². The number of hydrogen-bond donors (Lipinski definition) is 0. The lowest BCUT2D eigenvalue weighted by Gasteiger charge is -2.32. The van der Waals surface area contributed by atoms with E-state index in [1.54, 1.807) is 0 Å². The number of hydrogen-bond acceptors (Lipinski definition) is 3. The zero-order chi connectivity index (χ0) is 38.2. The second kappa shape index (κ2) is 12.7. The average molecular weight is 739 g/mol. The molecule has 270 valence electrons. The van der Waals surface area contributed by atoms with Crippen molar-refractivity contribution in [1.29, 1.82) is 0 Å². The van der Waals surface area contributed by atoms with Crippen LogP contribution in [0.1, 0.15) is 22.5 Å². The SMILES string of the molecule is c1ccc(-c2cccc(C3(c4nc(-c5ccccc5)nc(-n5c6ccc7ccccc7c6c6c7ccccc7ccc65)n4)c4ccccc4-c4ccccc43)c2)cc1. The Labute approximate surface area is 335 Å². The number of fused-ring (bicyclic) bond motifs is 10. The van der Waals surface area contributed by atoms with Gasteiger partial charge in [0.05, 0.1) is 11.0 Å². The first kappa shape index (κ1) is 32.5. The van der Waals surface area contributed by atoms with Crippen LogP contribution in [0.5, 0.6) is 0 Å². The van der Waals surface area contributed by atoms with E-state index in [1.807, 2.05) is 6.07 Å². The molecule has 0 saturated carbocycles. The van der Waals surface area contributed by atoms with E-state index < -0.39 is 5.41 Å². The van der Waals surface area contributed by atoms with Gasteiger partial charge in [0.1, 0.15) is 5.41 Å². The number of rotatable bonds is 5. The third-order valence-corrected chi connectivity index (χ3v) is 12.1. The molecule has 58 heavy (non-hydrogen) atoms. The number of aromatic nitrogens is 4. The van der Waals surface area contributed by atoms with E-state index in [2.05, 4.69) is 205 Å². The minimum atomic E-state index is -0.864. The van der Waals surface area contributed by atoms with Gasteiger partial charge in [0, 0.05) is 16.3 Å². The quantitative estimate of drug-likeness (QED) is 0.177. The van der Waals surface area contributed by atoms with Crippen LogP contribution < -0.4 is 0 Å². The highest BCUT2D eigenvalue weighted by Crippen LogP contribution is 2.56. The van der Waals surface area contributed by atoms with Crippen molar-refractivity contribution in [3.63, 3.8) is 0 Å². The van der Waals surface area contributed by atoms with E-state index >= 15 is 0 Å². The minimum absolute atomic E-state index is 0.579. The molecule has 0 aliphatic heterocycles. The third kappa shape index (κ3) is 4.66. The summed E-state index contributed by atoms with van der Waals surface area (Å²) >= 11 is 0. The molecule has 12 rings (SSSR count). The van der Waals surface area contributed by atoms with Crippen molar-refractivity contribution in [2.75, 3.05) is 0 Å². The van der Waals surface area contributed by atoms with Gasteiger partial charge in [0.2, 0.25) is 5.95 Å². The number of nitrogens with zero attached hydrogens (tertiary/aromatic N) is 4. The third-order valence-electron chi connectivity index (χ3n) is 12.1. The largest absolute Gasteiger partial charge is 0.278 e. The first-order chi connectivity index (χ1) is 28.8. The zero-order valence-corrected chi connectivity index (χ0v) is 31.4. The molecule has 4 nitrogen and oxygen atoms in total. The van der Waals surface area contributed by atoms with Crippen LogP contribution in [0.4, 0.5) is 0 Å². The normalized spacial score (nSPS) is 13.0. The van der Waals surface area contributed by atoms with Crippen LogP contribution in [-0.2, 0) is 5.41 Å². The molecule has 0 radical (unpaired) electrons. The molecule has 9 aromatic carbocycles. The van der Waals surface area contributed by atoms with Crippen LogP contribution in [0.25, 0.3) is 82.9 Å². The van der Waals surface area contributed by atoms with Gasteiger partial charge in [-0.15, -0.1) is 0 Å². The Morgan fingerprint density at radius 1 is 0.379 bits per heavy atom. The van der Waals surface area contributed by atoms with E-state index in [0.717, 1.165) is 44.4 Å². The Kier molecular flexibility index (Phi) is 7.11. The van der Waals surface area contributed by atoms with Crippen molar-refractivity contribution < 1.29 is 0 Å². The van der Waals surface area contributed by atoms with Crippen molar-refractivity contribution >= 4 is 43.4 Å². The van der Waals surface area contributed by atoms with E-state index in [1.165, 1.54) is 43.4 Å². The summed E-state index contributed by atoms with van der Waals surface area (Å²) in [6.45, 7) is 0. The van der Waals surface area contributed by atoms with Gasteiger partial charge in [-0.05, 0) is 78.7 Å². The molecular weight excluding hydrogens is 705 g/mol. The molecule has 11 aromatic rings. The van der Waals surface area contributed by atoms with Gasteiger partial charge < -0.3 is 0 Å². The maximum atomic E-state index is 5.73. The summed E-state index contributed by atoms with van der Waals surface area (Å²) < 4.78 is 2.27. The Morgan fingerprint density at radius 3 is 1.52 bits per heavy atom. The summed E-state index contributed by atoms with van der Waals surface area (Å²) in [7, 11) is 0. The van der Waals surface area contributed by atoms with Gasteiger partial charge in [-0.1, -0.05) is 188 Å². The predicted molar refractivity (Wildman–Crippen MR) is 237 cm³/mol.